The van der Waals surface area contributed by atoms with Crippen molar-refractivity contribution in [2.24, 2.45) is 0 Å². The fourth-order valence-corrected chi connectivity index (χ4v) is 14.1. The van der Waals surface area contributed by atoms with Crippen LogP contribution in [0, 0.1) is 0 Å². The minimum Gasteiger partial charge on any atom is -0.0285 e. The van der Waals surface area contributed by atoms with Crippen LogP contribution in [0.1, 0.15) is 69.2 Å². The Morgan fingerprint density at radius 1 is 0.600 bits per heavy atom. The van der Waals surface area contributed by atoms with E-state index in [1.54, 1.807) is 0 Å². The molecule has 0 nitrogen and oxygen atoms in total. The molecule has 0 aliphatic carbocycles. The number of hydrogen-bond acceptors (Lipinski definition) is 0. The molecule has 0 heterocycles. The predicted octanol–water partition coefficient (Wildman–Crippen LogP) is 5.42. The van der Waals surface area contributed by atoms with E-state index in [0.29, 0.717) is 10.3 Å². The lowest BCUT2D eigenvalue weighted by atomic mass is 10.2. The highest BCUT2D eigenvalue weighted by Gasteiger charge is 2.61. The maximum atomic E-state index is 2.45. The zero-order valence-electron chi connectivity index (χ0n) is 12.6. The number of rotatable bonds is 2. The SMILES string of the molecule is CC(C)[P+](C(C)C)(C(C)(C)C)C(C)(C)C. The third-order valence-corrected chi connectivity index (χ3v) is 11.5. The molecule has 0 bridgehead atoms. The highest BCUT2D eigenvalue weighted by molar-refractivity contribution is 7.79. The predicted molar refractivity (Wildman–Crippen MR) is 76.7 cm³/mol. The van der Waals surface area contributed by atoms with Gasteiger partial charge in [0.1, 0.15) is 0 Å². The summed E-state index contributed by atoms with van der Waals surface area (Å²) in [7, 11) is -1.01. The Bertz CT molecular complexity index is 176. The fraction of sp³-hybridized carbons (Fsp3) is 1.00. The van der Waals surface area contributed by atoms with Crippen molar-refractivity contribution in [1.29, 1.82) is 0 Å². The lowest BCUT2D eigenvalue weighted by molar-refractivity contribution is 0.649. The normalized spacial score (nSPS) is 15.2. The summed E-state index contributed by atoms with van der Waals surface area (Å²) >= 11 is 0. The van der Waals surface area contributed by atoms with Crippen LogP contribution in [-0.4, -0.2) is 21.6 Å². The molecule has 0 saturated heterocycles. The Balaban J connectivity index is 5.73. The van der Waals surface area contributed by atoms with Crippen molar-refractivity contribution in [3.05, 3.63) is 0 Å². The molecule has 0 atom stereocenters. The zero-order valence-corrected chi connectivity index (χ0v) is 13.5. The standard InChI is InChI=1S/C14H32P/c1-11(2)15(12(3)4,13(5,6)7)14(8,9)10/h11-12H,1-10H3/q+1. The molecule has 0 N–H and O–H groups in total. The summed E-state index contributed by atoms with van der Waals surface area (Å²) in [5, 5.41) is 0.904. The zero-order chi connectivity index (χ0) is 12.7. The summed E-state index contributed by atoms with van der Waals surface area (Å²) in [6, 6.07) is 0. The van der Waals surface area contributed by atoms with E-state index >= 15 is 0 Å². The second-order valence-corrected chi connectivity index (χ2v) is 13.6. The molecule has 0 aromatic rings. The van der Waals surface area contributed by atoms with Crippen LogP contribution in [0.25, 0.3) is 0 Å². The van der Waals surface area contributed by atoms with E-state index in [0.717, 1.165) is 11.3 Å². The van der Waals surface area contributed by atoms with Gasteiger partial charge in [0.15, 0.2) is 0 Å². The average molecular weight is 231 g/mol. The van der Waals surface area contributed by atoms with Crippen molar-refractivity contribution in [2.75, 3.05) is 0 Å². The van der Waals surface area contributed by atoms with Crippen LogP contribution in [0.2, 0.25) is 0 Å². The molecule has 0 amide bonds. The van der Waals surface area contributed by atoms with E-state index in [2.05, 4.69) is 69.2 Å². The highest BCUT2D eigenvalue weighted by Crippen LogP contribution is 2.81. The molecule has 0 saturated carbocycles. The largest absolute Gasteiger partial charge is 0.0725 e. The van der Waals surface area contributed by atoms with Crippen molar-refractivity contribution >= 4 is 7.26 Å². The van der Waals surface area contributed by atoms with E-state index in [1.165, 1.54) is 0 Å². The van der Waals surface area contributed by atoms with E-state index in [4.69, 9.17) is 0 Å². The van der Waals surface area contributed by atoms with Crippen molar-refractivity contribution in [3.8, 4) is 0 Å². The first kappa shape index (κ1) is 15.4. The second-order valence-electron chi connectivity index (χ2n) is 7.31. The molecular weight excluding hydrogens is 199 g/mol. The van der Waals surface area contributed by atoms with Crippen LogP contribution in [0.4, 0.5) is 0 Å². The first-order valence-electron chi connectivity index (χ1n) is 6.27. The second kappa shape index (κ2) is 4.36. The summed E-state index contributed by atoms with van der Waals surface area (Å²) in [5.74, 6) is 0. The van der Waals surface area contributed by atoms with E-state index < -0.39 is 7.26 Å². The molecule has 0 spiro atoms. The van der Waals surface area contributed by atoms with Gasteiger partial charge in [-0.05, 0) is 69.2 Å². The first-order chi connectivity index (χ1) is 6.39. The maximum Gasteiger partial charge on any atom is 0.0725 e. The van der Waals surface area contributed by atoms with Crippen LogP contribution >= 0.6 is 7.26 Å². The van der Waals surface area contributed by atoms with Crippen molar-refractivity contribution in [2.45, 2.75) is 90.9 Å². The third-order valence-electron chi connectivity index (χ3n) is 3.85. The van der Waals surface area contributed by atoms with Gasteiger partial charge in [-0.1, -0.05) is 0 Å². The summed E-state index contributed by atoms with van der Waals surface area (Å²) in [6.07, 6.45) is 0. The van der Waals surface area contributed by atoms with Crippen LogP contribution in [0.15, 0.2) is 0 Å². The van der Waals surface area contributed by atoms with E-state index in [1.807, 2.05) is 0 Å². The molecule has 0 rings (SSSR count). The van der Waals surface area contributed by atoms with Crippen molar-refractivity contribution < 1.29 is 0 Å². The molecule has 0 aliphatic heterocycles. The minimum absolute atomic E-state index is 0.452. The highest BCUT2D eigenvalue weighted by atomic mass is 31.2. The Morgan fingerprint density at radius 2 is 0.800 bits per heavy atom. The summed E-state index contributed by atoms with van der Waals surface area (Å²) in [4.78, 5) is 0. The fourth-order valence-electron chi connectivity index (χ4n) is 4.70. The van der Waals surface area contributed by atoms with Gasteiger partial charge < -0.3 is 0 Å². The van der Waals surface area contributed by atoms with Gasteiger partial charge in [-0.15, -0.1) is 0 Å². The average Bonchev–Trinajstić information content (AvgIpc) is 1.75. The quantitative estimate of drug-likeness (QED) is 0.557. The van der Waals surface area contributed by atoms with Gasteiger partial charge in [0.05, 0.1) is 21.6 Å². The van der Waals surface area contributed by atoms with Gasteiger partial charge in [-0.2, -0.15) is 0 Å². The van der Waals surface area contributed by atoms with Gasteiger partial charge in [-0.3, -0.25) is 0 Å². The molecule has 92 valence electrons. The van der Waals surface area contributed by atoms with Crippen LogP contribution in [-0.2, 0) is 0 Å². The summed E-state index contributed by atoms with van der Waals surface area (Å²) in [5.41, 5.74) is 1.63. The van der Waals surface area contributed by atoms with Crippen molar-refractivity contribution in [1.82, 2.24) is 0 Å². The Morgan fingerprint density at radius 3 is 0.800 bits per heavy atom. The molecule has 15 heavy (non-hydrogen) atoms. The molecule has 0 aliphatic rings. The first-order valence-corrected chi connectivity index (χ1v) is 8.20. The minimum atomic E-state index is -1.01. The Hall–Kier alpha value is 0.430. The topological polar surface area (TPSA) is 0 Å². The van der Waals surface area contributed by atoms with Crippen LogP contribution in [0.3, 0.4) is 0 Å². The van der Waals surface area contributed by atoms with E-state index in [9.17, 15) is 0 Å². The molecular formula is C14H32P+. The maximum absolute atomic E-state index is 2.45. The lowest BCUT2D eigenvalue weighted by Crippen LogP contribution is -2.42. The van der Waals surface area contributed by atoms with Crippen molar-refractivity contribution in [3.63, 3.8) is 0 Å². The van der Waals surface area contributed by atoms with Gasteiger partial charge in [0.2, 0.25) is 0 Å². The lowest BCUT2D eigenvalue weighted by Gasteiger charge is -2.52. The molecule has 0 unspecified atom stereocenters. The Labute approximate surface area is 98.6 Å². The van der Waals surface area contributed by atoms with E-state index in [-0.39, 0.29) is 0 Å². The Kier molecular flexibility index (Phi) is 4.49. The smallest absolute Gasteiger partial charge is 0.0285 e. The number of hydrogen-bond donors (Lipinski definition) is 0. The molecule has 1 heteroatoms. The van der Waals surface area contributed by atoms with Gasteiger partial charge in [-0.25, -0.2) is 0 Å². The van der Waals surface area contributed by atoms with Gasteiger partial charge in [0.25, 0.3) is 0 Å². The van der Waals surface area contributed by atoms with Crippen LogP contribution < -0.4 is 0 Å². The summed E-state index contributed by atoms with van der Waals surface area (Å²) < 4.78 is 0. The monoisotopic (exact) mass is 231 g/mol. The third kappa shape index (κ3) is 2.41. The van der Waals surface area contributed by atoms with Gasteiger partial charge in [0, 0.05) is 7.26 Å². The van der Waals surface area contributed by atoms with Gasteiger partial charge >= 0.3 is 0 Å². The molecule has 0 aromatic heterocycles. The molecule has 0 fully saturated rings. The van der Waals surface area contributed by atoms with Crippen LogP contribution in [0.5, 0.6) is 0 Å². The summed E-state index contributed by atoms with van der Waals surface area (Å²) in [6.45, 7) is 24.4. The molecule has 0 aromatic carbocycles. The molecule has 0 radical (unpaired) electrons.